The summed E-state index contributed by atoms with van der Waals surface area (Å²) in [6.45, 7) is 3.22. The van der Waals surface area contributed by atoms with E-state index in [1.165, 1.54) is 0 Å². The number of nitriles is 1. The number of benzene rings is 1. The van der Waals surface area contributed by atoms with Gasteiger partial charge in [0.05, 0.1) is 11.1 Å². The lowest BCUT2D eigenvalue weighted by molar-refractivity contribution is 0.615. The summed E-state index contributed by atoms with van der Waals surface area (Å²) in [5, 5.41) is 8.79. The molecule has 0 N–H and O–H groups in total. The molecular formula is C11H9ClFN. The van der Waals surface area contributed by atoms with Crippen LogP contribution in [0.25, 0.3) is 5.03 Å². The van der Waals surface area contributed by atoms with Crippen molar-refractivity contribution in [1.29, 1.82) is 5.26 Å². The molecule has 1 aromatic carbocycles. The fraction of sp³-hybridized carbons (Fsp3) is 0.182. The fourth-order valence-corrected chi connectivity index (χ4v) is 1.26. The van der Waals surface area contributed by atoms with Crippen LogP contribution < -0.4 is 0 Å². The molecule has 0 fully saturated rings. The molecule has 0 aliphatic carbocycles. The van der Waals surface area contributed by atoms with Crippen LogP contribution in [-0.2, 0) is 0 Å². The molecule has 1 rings (SSSR count). The van der Waals surface area contributed by atoms with Gasteiger partial charge in [0.25, 0.3) is 0 Å². The zero-order valence-corrected chi connectivity index (χ0v) is 8.69. The first-order valence-electron chi connectivity index (χ1n) is 4.10. The largest absolute Gasteiger partial charge is 0.206 e. The first-order valence-corrected chi connectivity index (χ1v) is 4.47. The van der Waals surface area contributed by atoms with Gasteiger partial charge in [0.1, 0.15) is 5.82 Å². The van der Waals surface area contributed by atoms with Crippen LogP contribution in [0, 0.1) is 24.1 Å². The Morgan fingerprint density at radius 1 is 1.50 bits per heavy atom. The Morgan fingerprint density at radius 3 is 2.71 bits per heavy atom. The monoisotopic (exact) mass is 209 g/mol. The maximum absolute atomic E-state index is 13.5. The van der Waals surface area contributed by atoms with E-state index in [0.29, 0.717) is 11.1 Å². The molecule has 0 unspecified atom stereocenters. The van der Waals surface area contributed by atoms with Crippen LogP contribution >= 0.6 is 11.6 Å². The highest BCUT2D eigenvalue weighted by atomic mass is 35.5. The van der Waals surface area contributed by atoms with Crippen molar-refractivity contribution in [1.82, 2.24) is 0 Å². The van der Waals surface area contributed by atoms with Gasteiger partial charge in [0, 0.05) is 11.1 Å². The lowest BCUT2D eigenvalue weighted by Crippen LogP contribution is -1.90. The smallest absolute Gasteiger partial charge is 0.134 e. The van der Waals surface area contributed by atoms with Crippen molar-refractivity contribution >= 4 is 16.6 Å². The van der Waals surface area contributed by atoms with Crippen LogP contribution in [-0.4, -0.2) is 0 Å². The molecule has 1 nitrogen and oxygen atoms in total. The van der Waals surface area contributed by atoms with E-state index in [0.717, 1.165) is 0 Å². The third-order valence-corrected chi connectivity index (χ3v) is 2.41. The van der Waals surface area contributed by atoms with Crippen LogP contribution in [0.15, 0.2) is 23.8 Å². The SMILES string of the molecule is C/C(C#N)=C(/Cl)c1cccc(C)c1F. The summed E-state index contributed by atoms with van der Waals surface area (Å²) in [5.74, 6) is -0.368. The van der Waals surface area contributed by atoms with Gasteiger partial charge in [-0.15, -0.1) is 0 Å². The minimum absolute atomic E-state index is 0.175. The Kier molecular flexibility index (Phi) is 3.27. The van der Waals surface area contributed by atoms with Crippen LogP contribution in [0.5, 0.6) is 0 Å². The molecule has 0 aliphatic rings. The molecule has 0 aliphatic heterocycles. The highest BCUT2D eigenvalue weighted by Gasteiger charge is 2.09. The molecule has 72 valence electrons. The summed E-state index contributed by atoms with van der Waals surface area (Å²) in [4.78, 5) is 0. The lowest BCUT2D eigenvalue weighted by atomic mass is 10.1. The van der Waals surface area contributed by atoms with Crippen LogP contribution in [0.1, 0.15) is 18.1 Å². The Balaban J connectivity index is 3.36. The molecular weight excluding hydrogens is 201 g/mol. The van der Waals surface area contributed by atoms with Gasteiger partial charge in [-0.1, -0.05) is 29.8 Å². The van der Waals surface area contributed by atoms with Crippen molar-refractivity contribution in [3.63, 3.8) is 0 Å². The summed E-state index contributed by atoms with van der Waals surface area (Å²) < 4.78 is 13.5. The second-order valence-electron chi connectivity index (χ2n) is 2.99. The van der Waals surface area contributed by atoms with E-state index in [2.05, 4.69) is 0 Å². The van der Waals surface area contributed by atoms with E-state index in [4.69, 9.17) is 16.9 Å². The quantitative estimate of drug-likeness (QED) is 0.648. The summed E-state index contributed by atoms with van der Waals surface area (Å²) in [6.07, 6.45) is 0. The molecule has 0 radical (unpaired) electrons. The van der Waals surface area contributed by atoms with Gasteiger partial charge in [0.15, 0.2) is 0 Å². The maximum atomic E-state index is 13.5. The Hall–Kier alpha value is -1.33. The van der Waals surface area contributed by atoms with Gasteiger partial charge in [-0.25, -0.2) is 4.39 Å². The maximum Gasteiger partial charge on any atom is 0.134 e. The van der Waals surface area contributed by atoms with Crippen LogP contribution in [0.4, 0.5) is 4.39 Å². The summed E-state index contributed by atoms with van der Waals surface area (Å²) in [5.41, 5.74) is 1.12. The number of hydrogen-bond acceptors (Lipinski definition) is 1. The lowest BCUT2D eigenvalue weighted by Gasteiger charge is -2.04. The topological polar surface area (TPSA) is 23.8 Å². The number of hydrogen-bond donors (Lipinski definition) is 0. The first-order chi connectivity index (χ1) is 6.57. The van der Waals surface area contributed by atoms with E-state index in [1.54, 1.807) is 32.0 Å². The van der Waals surface area contributed by atoms with Gasteiger partial charge >= 0.3 is 0 Å². The summed E-state index contributed by atoms with van der Waals surface area (Å²) in [6, 6.07) is 6.82. The predicted octanol–water partition coefficient (Wildman–Crippen LogP) is 3.63. The van der Waals surface area contributed by atoms with Crippen molar-refractivity contribution in [2.75, 3.05) is 0 Å². The number of halogens is 2. The fourth-order valence-electron chi connectivity index (χ4n) is 1.07. The van der Waals surface area contributed by atoms with Crippen molar-refractivity contribution in [2.45, 2.75) is 13.8 Å². The molecule has 0 saturated heterocycles. The zero-order valence-electron chi connectivity index (χ0n) is 7.94. The molecule has 0 atom stereocenters. The van der Waals surface area contributed by atoms with Gasteiger partial charge in [-0.05, 0) is 19.4 Å². The van der Waals surface area contributed by atoms with Gasteiger partial charge < -0.3 is 0 Å². The van der Waals surface area contributed by atoms with Crippen molar-refractivity contribution in [2.24, 2.45) is 0 Å². The van der Waals surface area contributed by atoms with E-state index < -0.39 is 0 Å². The average molecular weight is 210 g/mol. The predicted molar refractivity (Wildman–Crippen MR) is 55.2 cm³/mol. The van der Waals surface area contributed by atoms with E-state index in [1.807, 2.05) is 6.07 Å². The second-order valence-corrected chi connectivity index (χ2v) is 3.37. The molecule has 0 bridgehead atoms. The van der Waals surface area contributed by atoms with Crippen molar-refractivity contribution in [3.05, 3.63) is 40.7 Å². The Labute approximate surface area is 87.4 Å². The second kappa shape index (κ2) is 4.26. The third kappa shape index (κ3) is 1.94. The summed E-state index contributed by atoms with van der Waals surface area (Å²) >= 11 is 5.85. The molecule has 0 spiro atoms. The van der Waals surface area contributed by atoms with Crippen molar-refractivity contribution in [3.8, 4) is 6.07 Å². The third-order valence-electron chi connectivity index (χ3n) is 1.93. The number of allylic oxidation sites excluding steroid dienone is 1. The average Bonchev–Trinajstić information content (AvgIpc) is 2.20. The van der Waals surface area contributed by atoms with Crippen molar-refractivity contribution < 1.29 is 4.39 Å². The van der Waals surface area contributed by atoms with Crippen LogP contribution in [0.3, 0.4) is 0 Å². The molecule has 0 amide bonds. The standard InChI is InChI=1S/C11H9ClFN/c1-7-4-3-5-9(11(7)13)10(12)8(2)6-14/h3-5H,1-2H3/b10-8-. The first kappa shape index (κ1) is 10.7. The number of aryl methyl sites for hydroxylation is 1. The highest BCUT2D eigenvalue weighted by molar-refractivity contribution is 6.49. The molecule has 3 heteroatoms. The Morgan fingerprint density at radius 2 is 2.14 bits per heavy atom. The zero-order chi connectivity index (χ0) is 10.7. The number of nitrogens with zero attached hydrogens (tertiary/aromatic N) is 1. The Bertz CT molecular complexity index is 429. The summed E-state index contributed by atoms with van der Waals surface area (Å²) in [7, 11) is 0. The van der Waals surface area contributed by atoms with Gasteiger partial charge in [0.2, 0.25) is 0 Å². The van der Waals surface area contributed by atoms with E-state index in [-0.39, 0.29) is 16.4 Å². The molecule has 14 heavy (non-hydrogen) atoms. The van der Waals surface area contributed by atoms with E-state index >= 15 is 0 Å². The van der Waals surface area contributed by atoms with Gasteiger partial charge in [-0.3, -0.25) is 0 Å². The van der Waals surface area contributed by atoms with E-state index in [9.17, 15) is 4.39 Å². The minimum Gasteiger partial charge on any atom is -0.206 e. The molecule has 1 aromatic rings. The van der Waals surface area contributed by atoms with Gasteiger partial charge in [-0.2, -0.15) is 5.26 Å². The minimum atomic E-state index is -0.368. The van der Waals surface area contributed by atoms with Crippen LogP contribution in [0.2, 0.25) is 0 Å². The molecule has 0 aromatic heterocycles. The molecule has 0 saturated carbocycles. The molecule has 0 heterocycles. The normalized spacial score (nSPS) is 11.9. The number of rotatable bonds is 1. The highest BCUT2D eigenvalue weighted by Crippen LogP contribution is 2.26.